The van der Waals surface area contributed by atoms with Gasteiger partial charge in [-0.1, -0.05) is 30.3 Å². The normalized spacial score (nSPS) is 10.2. The topological polar surface area (TPSA) is 67.3 Å². The molecule has 0 fully saturated rings. The molecule has 0 saturated carbocycles. The lowest BCUT2D eigenvalue weighted by Crippen LogP contribution is -2.27. The van der Waals surface area contributed by atoms with Crippen LogP contribution in [0.3, 0.4) is 0 Å². The van der Waals surface area contributed by atoms with E-state index >= 15 is 0 Å². The molecule has 0 unspecified atom stereocenters. The van der Waals surface area contributed by atoms with Gasteiger partial charge in [-0.25, -0.2) is 9.97 Å². The predicted molar refractivity (Wildman–Crippen MR) is 97.5 cm³/mol. The molecule has 3 rings (SSSR count). The molecule has 0 atom stereocenters. The van der Waals surface area contributed by atoms with Crippen LogP contribution in [0.15, 0.2) is 67.0 Å². The minimum Gasteiger partial charge on any atom is -0.495 e. The molecule has 1 heterocycles. The first-order valence-electron chi connectivity index (χ1n) is 7.74. The van der Waals surface area contributed by atoms with Gasteiger partial charge in [0.15, 0.2) is 0 Å². The largest absolute Gasteiger partial charge is 0.495 e. The number of nitrogens with one attached hydrogen (secondary N) is 1. The van der Waals surface area contributed by atoms with Crippen molar-refractivity contribution in [2.45, 2.75) is 0 Å². The smallest absolute Gasteiger partial charge is 0.276 e. The van der Waals surface area contributed by atoms with E-state index in [1.165, 1.54) is 6.33 Å². The third-order valence-corrected chi connectivity index (χ3v) is 3.70. The van der Waals surface area contributed by atoms with Crippen LogP contribution in [0.2, 0.25) is 0 Å². The van der Waals surface area contributed by atoms with Gasteiger partial charge in [-0.2, -0.15) is 0 Å². The van der Waals surface area contributed by atoms with Crippen LogP contribution in [0.25, 0.3) is 0 Å². The van der Waals surface area contributed by atoms with E-state index in [-0.39, 0.29) is 5.91 Å². The monoisotopic (exact) mass is 334 g/mol. The number of rotatable bonds is 5. The quantitative estimate of drug-likeness (QED) is 0.773. The first-order chi connectivity index (χ1) is 12.2. The average molecular weight is 334 g/mol. The van der Waals surface area contributed by atoms with Gasteiger partial charge in [-0.05, 0) is 24.3 Å². The van der Waals surface area contributed by atoms with Gasteiger partial charge in [-0.15, -0.1) is 0 Å². The van der Waals surface area contributed by atoms with Crippen LogP contribution in [0.1, 0.15) is 10.5 Å². The van der Waals surface area contributed by atoms with Crippen LogP contribution in [0, 0.1) is 0 Å². The van der Waals surface area contributed by atoms with Gasteiger partial charge in [0, 0.05) is 18.8 Å². The van der Waals surface area contributed by atoms with Crippen molar-refractivity contribution in [1.82, 2.24) is 9.97 Å². The van der Waals surface area contributed by atoms with Crippen LogP contribution in [-0.2, 0) is 0 Å². The number of hydrogen-bond donors (Lipinski definition) is 1. The van der Waals surface area contributed by atoms with E-state index in [0.717, 1.165) is 11.4 Å². The molecule has 126 valence electrons. The zero-order valence-corrected chi connectivity index (χ0v) is 14.0. The van der Waals surface area contributed by atoms with Crippen molar-refractivity contribution in [3.8, 4) is 5.75 Å². The maximum Gasteiger partial charge on any atom is 0.276 e. The summed E-state index contributed by atoms with van der Waals surface area (Å²) in [6.45, 7) is 0. The molecule has 0 aliphatic carbocycles. The van der Waals surface area contributed by atoms with E-state index in [1.807, 2.05) is 54.6 Å². The van der Waals surface area contributed by atoms with Crippen molar-refractivity contribution in [1.29, 1.82) is 0 Å². The molecular formula is C19H18N4O2. The number of ether oxygens (including phenoxy) is 1. The van der Waals surface area contributed by atoms with Crippen molar-refractivity contribution < 1.29 is 9.53 Å². The second-order valence-corrected chi connectivity index (χ2v) is 5.31. The summed E-state index contributed by atoms with van der Waals surface area (Å²) in [5, 5.41) is 3.15. The highest BCUT2D eigenvalue weighted by Crippen LogP contribution is 2.26. The Morgan fingerprint density at radius 2 is 1.76 bits per heavy atom. The fraction of sp³-hybridized carbons (Fsp3) is 0.105. The van der Waals surface area contributed by atoms with Crippen LogP contribution in [0.4, 0.5) is 17.2 Å². The highest BCUT2D eigenvalue weighted by molar-refractivity contribution is 6.04. The number of carbonyl (C=O) groups is 1. The fourth-order valence-electron chi connectivity index (χ4n) is 2.37. The van der Waals surface area contributed by atoms with Crippen molar-refractivity contribution >= 4 is 23.1 Å². The Morgan fingerprint density at radius 1 is 1.04 bits per heavy atom. The number of anilines is 3. The van der Waals surface area contributed by atoms with Crippen molar-refractivity contribution in [3.63, 3.8) is 0 Å². The third kappa shape index (κ3) is 3.74. The number of nitrogens with zero attached hydrogens (tertiary/aromatic N) is 3. The lowest BCUT2D eigenvalue weighted by atomic mass is 10.2. The second kappa shape index (κ2) is 7.44. The number of hydrogen-bond acceptors (Lipinski definition) is 5. The Kier molecular flexibility index (Phi) is 4.89. The Labute approximate surface area is 146 Å². The summed E-state index contributed by atoms with van der Waals surface area (Å²) in [6, 6.07) is 18.5. The Hall–Kier alpha value is -3.41. The average Bonchev–Trinajstić information content (AvgIpc) is 2.68. The number of methoxy groups -OCH3 is 1. The molecular weight excluding hydrogens is 316 g/mol. The summed E-state index contributed by atoms with van der Waals surface area (Å²) in [6.07, 6.45) is 1.36. The molecule has 0 radical (unpaired) electrons. The highest BCUT2D eigenvalue weighted by atomic mass is 16.5. The van der Waals surface area contributed by atoms with E-state index in [1.54, 1.807) is 25.1 Å². The highest BCUT2D eigenvalue weighted by Gasteiger charge is 2.16. The molecule has 6 heteroatoms. The van der Waals surface area contributed by atoms with Crippen LogP contribution in [-0.4, -0.2) is 30.0 Å². The second-order valence-electron chi connectivity index (χ2n) is 5.31. The zero-order valence-electron chi connectivity index (χ0n) is 14.0. The van der Waals surface area contributed by atoms with E-state index in [0.29, 0.717) is 17.3 Å². The Balaban J connectivity index is 1.83. The number of amides is 1. The standard InChI is InChI=1S/C19H18N4O2/c1-23(14-8-4-3-5-9-14)19(24)16-12-18(21-13-20-16)22-15-10-6-7-11-17(15)25-2/h3-13H,1-2H3,(H,20,21,22). The van der Waals surface area contributed by atoms with Crippen LogP contribution < -0.4 is 15.0 Å². The van der Waals surface area contributed by atoms with E-state index in [9.17, 15) is 4.79 Å². The number of carbonyl (C=O) groups excluding carboxylic acids is 1. The first-order valence-corrected chi connectivity index (χ1v) is 7.74. The van der Waals surface area contributed by atoms with Crippen molar-refractivity contribution in [3.05, 3.63) is 72.7 Å². The first kappa shape index (κ1) is 16.4. The molecule has 0 aliphatic heterocycles. The lowest BCUT2D eigenvalue weighted by Gasteiger charge is -2.17. The molecule has 1 N–H and O–H groups in total. The van der Waals surface area contributed by atoms with Gasteiger partial charge in [0.25, 0.3) is 5.91 Å². The van der Waals surface area contributed by atoms with Gasteiger partial charge in [0.2, 0.25) is 0 Å². The summed E-state index contributed by atoms with van der Waals surface area (Å²) in [5.41, 5.74) is 1.86. The van der Waals surface area contributed by atoms with Gasteiger partial charge in [-0.3, -0.25) is 4.79 Å². The maximum atomic E-state index is 12.7. The van der Waals surface area contributed by atoms with E-state index in [4.69, 9.17) is 4.74 Å². The zero-order chi connectivity index (χ0) is 17.6. The molecule has 3 aromatic rings. The van der Waals surface area contributed by atoms with Gasteiger partial charge in [0.05, 0.1) is 12.8 Å². The van der Waals surface area contributed by atoms with E-state index < -0.39 is 0 Å². The lowest BCUT2D eigenvalue weighted by molar-refractivity contribution is 0.0988. The van der Waals surface area contributed by atoms with Crippen LogP contribution >= 0.6 is 0 Å². The molecule has 6 nitrogen and oxygen atoms in total. The number of aromatic nitrogens is 2. The van der Waals surface area contributed by atoms with Crippen molar-refractivity contribution in [2.24, 2.45) is 0 Å². The molecule has 1 amide bonds. The minimum atomic E-state index is -0.211. The summed E-state index contributed by atoms with van der Waals surface area (Å²) in [7, 11) is 3.32. The third-order valence-electron chi connectivity index (χ3n) is 3.70. The summed E-state index contributed by atoms with van der Waals surface area (Å²) >= 11 is 0. The molecule has 0 aliphatic rings. The Morgan fingerprint density at radius 3 is 2.52 bits per heavy atom. The molecule has 0 bridgehead atoms. The summed E-state index contributed by atoms with van der Waals surface area (Å²) in [5.74, 6) is 0.997. The predicted octanol–water partition coefficient (Wildman–Crippen LogP) is 3.51. The van der Waals surface area contributed by atoms with Gasteiger partial charge >= 0.3 is 0 Å². The van der Waals surface area contributed by atoms with Gasteiger partial charge in [0.1, 0.15) is 23.6 Å². The molecule has 2 aromatic carbocycles. The minimum absolute atomic E-state index is 0.211. The molecule has 0 spiro atoms. The SMILES string of the molecule is COc1ccccc1Nc1cc(C(=O)N(C)c2ccccc2)ncn1. The Bertz CT molecular complexity index is 868. The fourth-order valence-corrected chi connectivity index (χ4v) is 2.37. The van der Waals surface area contributed by atoms with Crippen LogP contribution in [0.5, 0.6) is 5.75 Å². The van der Waals surface area contributed by atoms with Crippen molar-refractivity contribution in [2.75, 3.05) is 24.4 Å². The molecule has 1 aromatic heterocycles. The van der Waals surface area contributed by atoms with Gasteiger partial charge < -0.3 is 15.0 Å². The maximum absolute atomic E-state index is 12.7. The van der Waals surface area contributed by atoms with E-state index in [2.05, 4.69) is 15.3 Å². The summed E-state index contributed by atoms with van der Waals surface area (Å²) in [4.78, 5) is 22.5. The molecule has 0 saturated heterocycles. The summed E-state index contributed by atoms with van der Waals surface area (Å²) < 4.78 is 5.31. The molecule has 25 heavy (non-hydrogen) atoms. The number of benzene rings is 2. The number of para-hydroxylation sites is 3.